The van der Waals surface area contributed by atoms with Crippen LogP contribution in [0.15, 0.2) is 30.6 Å². The summed E-state index contributed by atoms with van der Waals surface area (Å²) in [7, 11) is 1.77. The molecular weight excluding hydrogens is 232 g/mol. The highest BCUT2D eigenvalue weighted by Crippen LogP contribution is 2.13. The van der Waals surface area contributed by atoms with Gasteiger partial charge in [0.2, 0.25) is 0 Å². The van der Waals surface area contributed by atoms with Gasteiger partial charge >= 0.3 is 0 Å². The Morgan fingerprint density at radius 2 is 2.22 bits per heavy atom. The molecule has 0 aliphatic heterocycles. The van der Waals surface area contributed by atoms with E-state index in [9.17, 15) is 4.79 Å². The number of nitrogen functional groups attached to an aromatic ring is 1. The first-order valence-electron chi connectivity index (χ1n) is 5.39. The number of amides is 1. The fourth-order valence-electron chi connectivity index (χ4n) is 1.53. The fraction of sp³-hybridized carbons (Fsp3) is 0.182. The molecule has 0 saturated carbocycles. The second-order valence-corrected chi connectivity index (χ2v) is 3.71. The van der Waals surface area contributed by atoms with Crippen LogP contribution in [0.5, 0.6) is 0 Å². The van der Waals surface area contributed by atoms with Gasteiger partial charge in [-0.05, 0) is 12.1 Å². The molecule has 2 rings (SSSR count). The van der Waals surface area contributed by atoms with Gasteiger partial charge in [0.25, 0.3) is 5.91 Å². The summed E-state index contributed by atoms with van der Waals surface area (Å²) in [5, 5.41) is 6.80. The van der Waals surface area contributed by atoms with Crippen LogP contribution in [0.25, 0.3) is 0 Å². The van der Waals surface area contributed by atoms with Gasteiger partial charge in [-0.3, -0.25) is 15.3 Å². The maximum Gasteiger partial charge on any atom is 0.253 e. The molecule has 0 aliphatic carbocycles. The number of carbonyl (C=O) groups is 1. The largest absolute Gasteiger partial charge is 0.345 e. The second kappa shape index (κ2) is 5.28. The lowest BCUT2D eigenvalue weighted by molar-refractivity contribution is 0.0950. The summed E-state index contributed by atoms with van der Waals surface area (Å²) in [5.41, 5.74) is 3.54. The molecule has 0 unspecified atom stereocenters. The molecule has 0 saturated heterocycles. The quantitative estimate of drug-likeness (QED) is 0.522. The average molecular weight is 246 g/mol. The molecule has 0 bridgehead atoms. The number of para-hydroxylation sites is 1. The number of benzene rings is 1. The Morgan fingerprint density at radius 3 is 2.89 bits per heavy atom. The molecule has 7 nitrogen and oxygen atoms in total. The number of rotatable bonds is 4. The van der Waals surface area contributed by atoms with Crippen LogP contribution in [0.1, 0.15) is 16.2 Å². The fourth-order valence-corrected chi connectivity index (χ4v) is 1.53. The predicted molar refractivity (Wildman–Crippen MR) is 66.4 cm³/mol. The second-order valence-electron chi connectivity index (χ2n) is 3.71. The van der Waals surface area contributed by atoms with Crippen molar-refractivity contribution in [1.82, 2.24) is 20.1 Å². The molecule has 1 aromatic carbocycles. The zero-order valence-electron chi connectivity index (χ0n) is 9.92. The molecule has 0 radical (unpaired) electrons. The minimum atomic E-state index is -0.226. The topological polar surface area (TPSA) is 97.9 Å². The third-order valence-corrected chi connectivity index (χ3v) is 2.38. The monoisotopic (exact) mass is 246 g/mol. The Labute approximate surface area is 104 Å². The summed E-state index contributed by atoms with van der Waals surface area (Å²) in [6.07, 6.45) is 1.58. The molecule has 1 amide bonds. The van der Waals surface area contributed by atoms with Gasteiger partial charge in [0.15, 0.2) is 5.82 Å². The summed E-state index contributed by atoms with van der Waals surface area (Å²) in [6.45, 7) is 0.276. The van der Waals surface area contributed by atoms with E-state index in [1.165, 1.54) is 0 Å². The SMILES string of the molecule is Cn1cnc(CNC(=O)c2ccccc2NN)n1. The van der Waals surface area contributed by atoms with Gasteiger partial charge in [-0.2, -0.15) is 5.10 Å². The van der Waals surface area contributed by atoms with Crippen LogP contribution in [0.3, 0.4) is 0 Å². The average Bonchev–Trinajstić information content (AvgIpc) is 2.81. The normalized spacial score (nSPS) is 10.1. The van der Waals surface area contributed by atoms with Crippen molar-refractivity contribution < 1.29 is 4.79 Å². The van der Waals surface area contributed by atoms with Crippen LogP contribution < -0.4 is 16.6 Å². The van der Waals surface area contributed by atoms with Crippen molar-refractivity contribution in [3.63, 3.8) is 0 Å². The van der Waals surface area contributed by atoms with Crippen LogP contribution in [0.4, 0.5) is 5.69 Å². The van der Waals surface area contributed by atoms with Crippen LogP contribution in [-0.2, 0) is 13.6 Å². The lowest BCUT2D eigenvalue weighted by Crippen LogP contribution is -2.25. The van der Waals surface area contributed by atoms with Crippen molar-refractivity contribution in [3.8, 4) is 0 Å². The van der Waals surface area contributed by atoms with Crippen LogP contribution in [-0.4, -0.2) is 20.7 Å². The molecule has 0 spiro atoms. The van der Waals surface area contributed by atoms with Crippen LogP contribution in [0, 0.1) is 0 Å². The number of hydrogen-bond acceptors (Lipinski definition) is 5. The van der Waals surface area contributed by atoms with Gasteiger partial charge in [0.1, 0.15) is 6.33 Å². The Bertz CT molecular complexity index is 550. The van der Waals surface area contributed by atoms with Crippen molar-refractivity contribution in [3.05, 3.63) is 42.0 Å². The molecule has 1 aromatic heterocycles. The van der Waals surface area contributed by atoms with E-state index in [-0.39, 0.29) is 12.5 Å². The minimum Gasteiger partial charge on any atom is -0.345 e. The van der Waals surface area contributed by atoms with E-state index in [1.54, 1.807) is 42.3 Å². The lowest BCUT2D eigenvalue weighted by Gasteiger charge is -2.08. The number of nitrogens with one attached hydrogen (secondary N) is 2. The molecule has 4 N–H and O–H groups in total. The molecule has 2 aromatic rings. The van der Waals surface area contributed by atoms with E-state index in [0.29, 0.717) is 17.1 Å². The van der Waals surface area contributed by atoms with Crippen molar-refractivity contribution in [1.29, 1.82) is 0 Å². The first-order chi connectivity index (χ1) is 8.70. The van der Waals surface area contributed by atoms with Gasteiger partial charge in [0, 0.05) is 7.05 Å². The molecule has 0 aliphatic rings. The number of aromatic nitrogens is 3. The van der Waals surface area contributed by atoms with Gasteiger partial charge in [-0.25, -0.2) is 4.98 Å². The Balaban J connectivity index is 2.03. The van der Waals surface area contributed by atoms with Crippen molar-refractivity contribution in [2.75, 3.05) is 5.43 Å². The van der Waals surface area contributed by atoms with E-state index < -0.39 is 0 Å². The number of nitrogens with zero attached hydrogens (tertiary/aromatic N) is 3. The maximum atomic E-state index is 11.9. The summed E-state index contributed by atoms with van der Waals surface area (Å²) in [4.78, 5) is 16.0. The third kappa shape index (κ3) is 2.64. The zero-order chi connectivity index (χ0) is 13.0. The van der Waals surface area contributed by atoms with Crippen molar-refractivity contribution >= 4 is 11.6 Å². The highest BCUT2D eigenvalue weighted by molar-refractivity contribution is 5.99. The first-order valence-corrected chi connectivity index (χ1v) is 5.39. The van der Waals surface area contributed by atoms with E-state index >= 15 is 0 Å². The zero-order valence-corrected chi connectivity index (χ0v) is 9.92. The Morgan fingerprint density at radius 1 is 1.44 bits per heavy atom. The molecule has 7 heteroatoms. The highest BCUT2D eigenvalue weighted by atomic mass is 16.1. The lowest BCUT2D eigenvalue weighted by atomic mass is 10.1. The third-order valence-electron chi connectivity index (χ3n) is 2.38. The Hall–Kier alpha value is -2.41. The number of nitrogens with two attached hydrogens (primary N) is 1. The predicted octanol–water partition coefficient (Wildman–Crippen LogP) is 0.0307. The van der Waals surface area contributed by atoms with Crippen molar-refractivity contribution in [2.24, 2.45) is 12.9 Å². The van der Waals surface area contributed by atoms with Gasteiger partial charge < -0.3 is 10.7 Å². The van der Waals surface area contributed by atoms with Crippen LogP contribution in [0.2, 0.25) is 0 Å². The number of anilines is 1. The van der Waals surface area contributed by atoms with E-state index in [2.05, 4.69) is 20.8 Å². The highest BCUT2D eigenvalue weighted by Gasteiger charge is 2.10. The molecule has 0 atom stereocenters. The van der Waals surface area contributed by atoms with Gasteiger partial charge in [-0.1, -0.05) is 12.1 Å². The molecule has 1 heterocycles. The van der Waals surface area contributed by atoms with Crippen LogP contribution >= 0.6 is 0 Å². The van der Waals surface area contributed by atoms with E-state index in [1.807, 2.05) is 0 Å². The number of hydrazine groups is 1. The summed E-state index contributed by atoms with van der Waals surface area (Å²) < 4.78 is 1.58. The van der Waals surface area contributed by atoms with E-state index in [0.717, 1.165) is 0 Å². The van der Waals surface area contributed by atoms with Gasteiger partial charge in [-0.15, -0.1) is 0 Å². The molecule has 94 valence electrons. The number of hydrogen-bond donors (Lipinski definition) is 3. The van der Waals surface area contributed by atoms with Gasteiger partial charge in [0.05, 0.1) is 17.8 Å². The molecule has 0 fully saturated rings. The summed E-state index contributed by atoms with van der Waals surface area (Å²) in [6, 6.07) is 6.99. The smallest absolute Gasteiger partial charge is 0.253 e. The Kier molecular flexibility index (Phi) is 3.54. The molecule has 18 heavy (non-hydrogen) atoms. The summed E-state index contributed by atoms with van der Waals surface area (Å²) in [5.74, 6) is 5.67. The van der Waals surface area contributed by atoms with E-state index in [4.69, 9.17) is 5.84 Å². The summed E-state index contributed by atoms with van der Waals surface area (Å²) >= 11 is 0. The maximum absolute atomic E-state index is 11.9. The first kappa shape index (κ1) is 12.1. The molecular formula is C11H14N6O. The van der Waals surface area contributed by atoms with Crippen molar-refractivity contribution in [2.45, 2.75) is 6.54 Å². The number of carbonyl (C=O) groups excluding carboxylic acids is 1. The minimum absolute atomic E-state index is 0.226. The standard InChI is InChI=1S/C11H14N6O/c1-17-7-14-10(16-17)6-13-11(18)8-4-2-3-5-9(8)15-12/h2-5,7,15H,6,12H2,1H3,(H,13,18). The number of aryl methyl sites for hydroxylation is 1.